The van der Waals surface area contributed by atoms with Crippen LogP contribution in [-0.4, -0.2) is 75.3 Å². The Morgan fingerprint density at radius 3 is 1.54 bits per heavy atom. The van der Waals surface area contributed by atoms with Crippen LogP contribution in [0.2, 0.25) is 0 Å². The minimum absolute atomic E-state index is 0.0929. The zero-order valence-electron chi connectivity index (χ0n) is 15.0. The molecule has 0 heterocycles. The second-order valence-electron chi connectivity index (χ2n) is 6.24. The van der Waals surface area contributed by atoms with Crippen LogP contribution in [0.1, 0.15) is 51.4 Å². The van der Waals surface area contributed by atoms with Crippen molar-refractivity contribution < 1.29 is 29.2 Å². The second kappa shape index (κ2) is 16.2. The number of hydrogen-bond donors (Lipinski definition) is 2. The Kier molecular flexibility index (Phi) is 14.8. The van der Waals surface area contributed by atoms with E-state index in [-0.39, 0.29) is 13.2 Å². The van der Waals surface area contributed by atoms with Crippen LogP contribution in [0.15, 0.2) is 0 Å². The molecule has 1 saturated carbocycles. The summed E-state index contributed by atoms with van der Waals surface area (Å²) in [7, 11) is 0. The molecule has 0 saturated heterocycles. The maximum Gasteiger partial charge on any atom is 0.0697 e. The highest BCUT2D eigenvalue weighted by molar-refractivity contribution is 4.74. The van der Waals surface area contributed by atoms with Crippen LogP contribution in [0, 0.1) is 0 Å². The molecule has 0 spiro atoms. The fourth-order valence-corrected chi connectivity index (χ4v) is 2.85. The van der Waals surface area contributed by atoms with E-state index in [2.05, 4.69) is 0 Å². The molecule has 2 N–H and O–H groups in total. The van der Waals surface area contributed by atoms with E-state index in [1.807, 2.05) is 0 Å². The molecule has 6 nitrogen and oxygen atoms in total. The average molecular weight is 348 g/mol. The molecule has 0 aromatic heterocycles. The first kappa shape index (κ1) is 21.8. The Balaban J connectivity index is 1.93. The number of hydrogen-bond acceptors (Lipinski definition) is 6. The maximum atomic E-state index is 8.61. The first-order valence-electron chi connectivity index (χ1n) is 9.47. The number of ether oxygens (including phenoxy) is 4. The molecule has 24 heavy (non-hydrogen) atoms. The topological polar surface area (TPSA) is 77.4 Å². The highest BCUT2D eigenvalue weighted by atomic mass is 16.5. The van der Waals surface area contributed by atoms with Crippen LogP contribution < -0.4 is 0 Å². The summed E-state index contributed by atoms with van der Waals surface area (Å²) in [5.74, 6) is 0. The van der Waals surface area contributed by atoms with Gasteiger partial charge in [-0.05, 0) is 51.4 Å². The summed E-state index contributed by atoms with van der Waals surface area (Å²) >= 11 is 0. The van der Waals surface area contributed by atoms with Gasteiger partial charge in [0.2, 0.25) is 0 Å². The molecule has 0 bridgehead atoms. The minimum atomic E-state index is 0.0929. The summed E-state index contributed by atoms with van der Waals surface area (Å²) in [5.41, 5.74) is 0. The van der Waals surface area contributed by atoms with Gasteiger partial charge in [0, 0.05) is 26.4 Å². The van der Waals surface area contributed by atoms with Gasteiger partial charge in [-0.25, -0.2) is 0 Å². The van der Waals surface area contributed by atoms with Gasteiger partial charge in [0.15, 0.2) is 0 Å². The van der Waals surface area contributed by atoms with E-state index in [0.717, 1.165) is 58.2 Å². The molecular formula is C18H36O6. The molecule has 0 aromatic rings. The SMILES string of the molecule is OCCOCCCCOC1CCCC(OCCCCOCCO)C1. The van der Waals surface area contributed by atoms with Crippen molar-refractivity contribution >= 4 is 0 Å². The maximum absolute atomic E-state index is 8.61. The minimum Gasteiger partial charge on any atom is -0.394 e. The number of rotatable bonds is 16. The Bertz CT molecular complexity index is 240. The highest BCUT2D eigenvalue weighted by Crippen LogP contribution is 2.24. The fraction of sp³-hybridized carbons (Fsp3) is 1.00. The lowest BCUT2D eigenvalue weighted by molar-refractivity contribution is -0.0476. The number of aliphatic hydroxyl groups is 2. The standard InChI is InChI=1S/C18H36O6/c19-8-14-21-10-1-3-12-23-17-6-5-7-18(16-17)24-13-4-2-11-22-15-9-20/h17-20H,1-16H2. The van der Waals surface area contributed by atoms with E-state index in [9.17, 15) is 0 Å². The van der Waals surface area contributed by atoms with Gasteiger partial charge >= 0.3 is 0 Å². The zero-order valence-corrected chi connectivity index (χ0v) is 15.0. The zero-order chi connectivity index (χ0) is 17.3. The van der Waals surface area contributed by atoms with Crippen molar-refractivity contribution in [3.63, 3.8) is 0 Å². The van der Waals surface area contributed by atoms with E-state index in [1.54, 1.807) is 0 Å². The third-order valence-corrected chi connectivity index (χ3v) is 4.12. The third kappa shape index (κ3) is 12.2. The largest absolute Gasteiger partial charge is 0.394 e. The molecule has 1 rings (SSSR count). The van der Waals surface area contributed by atoms with Gasteiger partial charge in [0.05, 0.1) is 38.6 Å². The summed E-state index contributed by atoms with van der Waals surface area (Å²) in [5, 5.41) is 17.2. The van der Waals surface area contributed by atoms with Gasteiger partial charge in [-0.2, -0.15) is 0 Å². The Morgan fingerprint density at radius 1 is 0.625 bits per heavy atom. The van der Waals surface area contributed by atoms with Crippen LogP contribution in [0.5, 0.6) is 0 Å². The van der Waals surface area contributed by atoms with Crippen molar-refractivity contribution in [2.75, 3.05) is 52.9 Å². The van der Waals surface area contributed by atoms with Gasteiger partial charge in [-0.15, -0.1) is 0 Å². The Labute approximate surface area is 146 Å². The van der Waals surface area contributed by atoms with Crippen molar-refractivity contribution in [2.24, 2.45) is 0 Å². The molecular weight excluding hydrogens is 312 g/mol. The van der Waals surface area contributed by atoms with Gasteiger partial charge in [0.25, 0.3) is 0 Å². The third-order valence-electron chi connectivity index (χ3n) is 4.12. The molecule has 2 unspecified atom stereocenters. The quantitative estimate of drug-likeness (QED) is 0.415. The van der Waals surface area contributed by atoms with Gasteiger partial charge in [-0.3, -0.25) is 0 Å². The Hall–Kier alpha value is -0.240. The van der Waals surface area contributed by atoms with Crippen molar-refractivity contribution in [1.29, 1.82) is 0 Å². The average Bonchev–Trinajstić information content (AvgIpc) is 2.60. The predicted octanol–water partition coefficient (Wildman–Crippen LogP) is 1.91. The molecule has 1 fully saturated rings. The summed E-state index contributed by atoms with van der Waals surface area (Å²) in [4.78, 5) is 0. The fourth-order valence-electron chi connectivity index (χ4n) is 2.85. The highest BCUT2D eigenvalue weighted by Gasteiger charge is 2.22. The molecule has 144 valence electrons. The first-order chi connectivity index (χ1) is 11.9. The molecule has 0 amide bonds. The van der Waals surface area contributed by atoms with E-state index in [1.165, 1.54) is 6.42 Å². The van der Waals surface area contributed by atoms with Gasteiger partial charge in [0.1, 0.15) is 0 Å². The molecule has 0 radical (unpaired) electrons. The number of unbranched alkanes of at least 4 members (excludes halogenated alkanes) is 2. The monoisotopic (exact) mass is 348 g/mol. The van der Waals surface area contributed by atoms with Crippen LogP contribution >= 0.6 is 0 Å². The van der Waals surface area contributed by atoms with Gasteiger partial charge < -0.3 is 29.2 Å². The predicted molar refractivity (Wildman–Crippen MR) is 92.2 cm³/mol. The van der Waals surface area contributed by atoms with Crippen molar-refractivity contribution in [3.8, 4) is 0 Å². The lowest BCUT2D eigenvalue weighted by atomic mass is 9.95. The summed E-state index contributed by atoms with van der Waals surface area (Å²) in [6.07, 6.45) is 9.06. The Morgan fingerprint density at radius 2 is 1.08 bits per heavy atom. The molecule has 2 atom stereocenters. The lowest BCUT2D eigenvalue weighted by Gasteiger charge is -2.29. The smallest absolute Gasteiger partial charge is 0.0697 e. The molecule has 6 heteroatoms. The van der Waals surface area contributed by atoms with E-state index < -0.39 is 0 Å². The molecule has 1 aliphatic carbocycles. The summed E-state index contributed by atoms with van der Waals surface area (Å²) in [6.45, 7) is 3.99. The molecule has 0 aliphatic heterocycles. The lowest BCUT2D eigenvalue weighted by Crippen LogP contribution is -2.29. The van der Waals surface area contributed by atoms with Crippen molar-refractivity contribution in [1.82, 2.24) is 0 Å². The van der Waals surface area contributed by atoms with E-state index in [0.29, 0.717) is 38.6 Å². The van der Waals surface area contributed by atoms with Crippen LogP contribution in [0.3, 0.4) is 0 Å². The summed E-state index contributed by atoms with van der Waals surface area (Å²) in [6, 6.07) is 0. The van der Waals surface area contributed by atoms with Crippen LogP contribution in [0.25, 0.3) is 0 Å². The van der Waals surface area contributed by atoms with E-state index >= 15 is 0 Å². The second-order valence-corrected chi connectivity index (χ2v) is 6.24. The van der Waals surface area contributed by atoms with Crippen molar-refractivity contribution in [3.05, 3.63) is 0 Å². The van der Waals surface area contributed by atoms with Gasteiger partial charge in [-0.1, -0.05) is 0 Å². The van der Waals surface area contributed by atoms with E-state index in [4.69, 9.17) is 29.2 Å². The first-order valence-corrected chi connectivity index (χ1v) is 9.47. The normalized spacial score (nSPS) is 21.2. The summed E-state index contributed by atoms with van der Waals surface area (Å²) < 4.78 is 22.4. The number of aliphatic hydroxyl groups excluding tert-OH is 2. The molecule has 1 aliphatic rings. The van der Waals surface area contributed by atoms with Crippen LogP contribution in [0.4, 0.5) is 0 Å². The van der Waals surface area contributed by atoms with Crippen LogP contribution in [-0.2, 0) is 18.9 Å². The molecule has 0 aromatic carbocycles. The van der Waals surface area contributed by atoms with Crippen molar-refractivity contribution in [2.45, 2.75) is 63.6 Å².